The normalized spacial score (nSPS) is 10.6. The van der Waals surface area contributed by atoms with Crippen LogP contribution in [0, 0.1) is 3.57 Å². The standard InChI is InChI=1S/C10H4Cl3IN2O/c11-5-3-4(1-2-6(5)17)10-15-8(12)7(14)9(13)16-10/h1-3,17H. The highest BCUT2D eigenvalue weighted by Gasteiger charge is 2.11. The third-order valence-electron chi connectivity index (χ3n) is 1.98. The molecule has 1 heterocycles. The summed E-state index contributed by atoms with van der Waals surface area (Å²) in [6, 6.07) is 4.64. The summed E-state index contributed by atoms with van der Waals surface area (Å²) < 4.78 is 0.597. The number of hydrogen-bond donors (Lipinski definition) is 1. The first-order valence-corrected chi connectivity index (χ1v) is 6.57. The molecule has 3 nitrogen and oxygen atoms in total. The fourth-order valence-electron chi connectivity index (χ4n) is 1.17. The van der Waals surface area contributed by atoms with E-state index in [4.69, 9.17) is 34.8 Å². The Bertz CT molecular complexity index is 569. The van der Waals surface area contributed by atoms with Gasteiger partial charge in [0.05, 0.1) is 8.59 Å². The lowest BCUT2D eigenvalue weighted by molar-refractivity contribution is 0.475. The van der Waals surface area contributed by atoms with Gasteiger partial charge in [-0.3, -0.25) is 0 Å². The van der Waals surface area contributed by atoms with Crippen LogP contribution in [0.15, 0.2) is 18.2 Å². The van der Waals surface area contributed by atoms with Gasteiger partial charge in [-0.2, -0.15) is 0 Å². The molecule has 0 bridgehead atoms. The Morgan fingerprint density at radius 1 is 1.06 bits per heavy atom. The quantitative estimate of drug-likeness (QED) is 0.569. The molecular weight excluding hydrogens is 397 g/mol. The average molecular weight is 401 g/mol. The lowest BCUT2D eigenvalue weighted by Gasteiger charge is -2.05. The summed E-state index contributed by atoms with van der Waals surface area (Å²) in [5.74, 6) is 0.362. The lowest BCUT2D eigenvalue weighted by atomic mass is 10.2. The van der Waals surface area contributed by atoms with Crippen LogP contribution in [0.25, 0.3) is 11.4 Å². The zero-order valence-corrected chi connectivity index (χ0v) is 12.5. The zero-order valence-electron chi connectivity index (χ0n) is 8.09. The van der Waals surface area contributed by atoms with Crippen molar-refractivity contribution in [1.29, 1.82) is 0 Å². The van der Waals surface area contributed by atoms with Crippen molar-refractivity contribution < 1.29 is 5.11 Å². The molecule has 0 saturated carbocycles. The van der Waals surface area contributed by atoms with Crippen LogP contribution in [-0.2, 0) is 0 Å². The zero-order chi connectivity index (χ0) is 12.6. The smallest absolute Gasteiger partial charge is 0.162 e. The van der Waals surface area contributed by atoms with E-state index in [9.17, 15) is 5.11 Å². The van der Waals surface area contributed by atoms with Gasteiger partial charge in [0.25, 0.3) is 0 Å². The molecule has 2 aromatic rings. The summed E-state index contributed by atoms with van der Waals surface area (Å²) in [6.45, 7) is 0. The first-order chi connectivity index (χ1) is 7.99. The minimum Gasteiger partial charge on any atom is -0.506 e. The van der Waals surface area contributed by atoms with Crippen molar-refractivity contribution in [3.63, 3.8) is 0 Å². The van der Waals surface area contributed by atoms with Crippen molar-refractivity contribution in [2.24, 2.45) is 0 Å². The Balaban J connectivity index is 2.57. The summed E-state index contributed by atoms with van der Waals surface area (Å²) in [5.41, 5.74) is 0.632. The van der Waals surface area contributed by atoms with Crippen LogP contribution in [0.4, 0.5) is 0 Å². The predicted octanol–water partition coefficient (Wildman–Crippen LogP) is 4.41. The van der Waals surface area contributed by atoms with Crippen LogP contribution in [-0.4, -0.2) is 15.1 Å². The monoisotopic (exact) mass is 400 g/mol. The molecule has 0 fully saturated rings. The van der Waals surface area contributed by atoms with Gasteiger partial charge in [0, 0.05) is 5.56 Å². The summed E-state index contributed by atoms with van der Waals surface area (Å²) in [6.07, 6.45) is 0. The molecule has 0 radical (unpaired) electrons. The van der Waals surface area contributed by atoms with Gasteiger partial charge < -0.3 is 5.11 Å². The van der Waals surface area contributed by atoms with Crippen LogP contribution >= 0.6 is 57.4 Å². The molecule has 0 atom stereocenters. The molecule has 17 heavy (non-hydrogen) atoms. The molecular formula is C10H4Cl3IN2O. The van der Waals surface area contributed by atoms with Gasteiger partial charge >= 0.3 is 0 Å². The minimum atomic E-state index is -0.00174. The van der Waals surface area contributed by atoms with E-state index in [1.807, 2.05) is 22.6 Å². The van der Waals surface area contributed by atoms with Crippen LogP contribution in [0.5, 0.6) is 5.75 Å². The summed E-state index contributed by atoms with van der Waals surface area (Å²) in [7, 11) is 0. The highest BCUT2D eigenvalue weighted by Crippen LogP contribution is 2.30. The molecule has 0 aliphatic heterocycles. The van der Waals surface area contributed by atoms with Crippen LogP contribution in [0.3, 0.4) is 0 Å². The Morgan fingerprint density at radius 2 is 1.65 bits per heavy atom. The summed E-state index contributed by atoms with van der Waals surface area (Å²) >= 11 is 19.6. The molecule has 0 spiro atoms. The van der Waals surface area contributed by atoms with Crippen LogP contribution < -0.4 is 0 Å². The predicted molar refractivity (Wildman–Crippen MR) is 76.9 cm³/mol. The van der Waals surface area contributed by atoms with Crippen molar-refractivity contribution in [2.45, 2.75) is 0 Å². The number of phenolic OH excluding ortho intramolecular Hbond substituents is 1. The maximum absolute atomic E-state index is 9.32. The molecule has 7 heteroatoms. The molecule has 0 unspecified atom stereocenters. The van der Waals surface area contributed by atoms with E-state index in [1.165, 1.54) is 6.07 Å². The third-order valence-corrected chi connectivity index (χ3v) is 4.49. The molecule has 1 aromatic carbocycles. The average Bonchev–Trinajstić information content (AvgIpc) is 2.29. The molecule has 0 saturated heterocycles. The highest BCUT2D eigenvalue weighted by molar-refractivity contribution is 14.1. The first-order valence-electron chi connectivity index (χ1n) is 4.36. The van der Waals surface area contributed by atoms with Crippen LogP contribution in [0.2, 0.25) is 15.3 Å². The van der Waals surface area contributed by atoms with E-state index in [0.717, 1.165) is 0 Å². The van der Waals surface area contributed by atoms with Crippen LogP contribution in [0.1, 0.15) is 0 Å². The van der Waals surface area contributed by atoms with E-state index in [1.54, 1.807) is 12.1 Å². The number of hydrogen-bond acceptors (Lipinski definition) is 3. The van der Waals surface area contributed by atoms with Crippen molar-refractivity contribution >= 4 is 57.4 Å². The highest BCUT2D eigenvalue weighted by atomic mass is 127. The van der Waals surface area contributed by atoms with E-state index < -0.39 is 0 Å². The first kappa shape index (κ1) is 13.1. The maximum Gasteiger partial charge on any atom is 0.162 e. The maximum atomic E-state index is 9.32. The Kier molecular flexibility index (Phi) is 3.97. The second-order valence-corrected chi connectivity index (χ2v) is 5.31. The lowest BCUT2D eigenvalue weighted by Crippen LogP contribution is -1.93. The van der Waals surface area contributed by atoms with Gasteiger partial charge in [-0.25, -0.2) is 9.97 Å². The van der Waals surface area contributed by atoms with Gasteiger partial charge in [-0.15, -0.1) is 0 Å². The fourth-order valence-corrected chi connectivity index (χ4v) is 1.98. The topological polar surface area (TPSA) is 46.0 Å². The SMILES string of the molecule is Oc1ccc(-c2nc(Cl)c(I)c(Cl)n2)cc1Cl. The number of benzene rings is 1. The molecule has 1 aromatic heterocycles. The number of nitrogens with zero attached hydrogens (tertiary/aromatic N) is 2. The number of aromatic nitrogens is 2. The Morgan fingerprint density at radius 3 is 2.18 bits per heavy atom. The Labute approximate surface area is 126 Å². The molecule has 0 aliphatic rings. The Hall–Kier alpha value is -0.300. The van der Waals surface area contributed by atoms with Gasteiger partial charge in [-0.1, -0.05) is 34.8 Å². The number of halogens is 4. The summed E-state index contributed by atoms with van der Waals surface area (Å²) in [5, 5.41) is 10.1. The number of phenols is 1. The third kappa shape index (κ3) is 2.76. The molecule has 0 aliphatic carbocycles. The minimum absolute atomic E-state index is 0.00174. The number of aromatic hydroxyl groups is 1. The van der Waals surface area contributed by atoms with Crippen molar-refractivity contribution in [2.75, 3.05) is 0 Å². The van der Waals surface area contributed by atoms with E-state index in [2.05, 4.69) is 9.97 Å². The van der Waals surface area contributed by atoms with Gasteiger partial charge in [0.2, 0.25) is 0 Å². The van der Waals surface area contributed by atoms with Crippen molar-refractivity contribution in [3.05, 3.63) is 37.1 Å². The molecule has 0 amide bonds. The number of rotatable bonds is 1. The van der Waals surface area contributed by atoms with E-state index in [-0.39, 0.29) is 21.1 Å². The van der Waals surface area contributed by atoms with Crippen molar-refractivity contribution in [1.82, 2.24) is 9.97 Å². The van der Waals surface area contributed by atoms with Gasteiger partial charge in [0.1, 0.15) is 16.1 Å². The van der Waals surface area contributed by atoms with E-state index in [0.29, 0.717) is 15.0 Å². The van der Waals surface area contributed by atoms with Crippen molar-refractivity contribution in [3.8, 4) is 17.1 Å². The molecule has 88 valence electrons. The van der Waals surface area contributed by atoms with E-state index >= 15 is 0 Å². The largest absolute Gasteiger partial charge is 0.506 e. The molecule has 1 N–H and O–H groups in total. The fraction of sp³-hybridized carbons (Fsp3) is 0. The summed E-state index contributed by atoms with van der Waals surface area (Å²) in [4.78, 5) is 8.19. The second kappa shape index (κ2) is 5.14. The second-order valence-electron chi connectivity index (χ2n) is 3.11. The van der Waals surface area contributed by atoms with Gasteiger partial charge in [0.15, 0.2) is 5.82 Å². The van der Waals surface area contributed by atoms with Gasteiger partial charge in [-0.05, 0) is 40.8 Å². The molecule has 2 rings (SSSR count).